The summed E-state index contributed by atoms with van der Waals surface area (Å²) in [6, 6.07) is 18.0. The number of nitrogens with zero attached hydrogens (tertiary/aromatic N) is 3. The number of hydrogen-bond acceptors (Lipinski definition) is 6. The molecule has 35 heavy (non-hydrogen) atoms. The van der Waals surface area contributed by atoms with Gasteiger partial charge in [0.1, 0.15) is 12.2 Å². The monoisotopic (exact) mass is 479 g/mol. The van der Waals surface area contributed by atoms with Gasteiger partial charge >= 0.3 is 12.1 Å². The maximum absolute atomic E-state index is 12.4. The van der Waals surface area contributed by atoms with Crippen LogP contribution in [0.3, 0.4) is 0 Å². The van der Waals surface area contributed by atoms with Gasteiger partial charge in [0.05, 0.1) is 5.56 Å². The van der Waals surface area contributed by atoms with Crippen LogP contribution in [0.1, 0.15) is 49.5 Å². The number of rotatable bonds is 5. The van der Waals surface area contributed by atoms with E-state index in [0.29, 0.717) is 11.6 Å². The summed E-state index contributed by atoms with van der Waals surface area (Å²) in [6.07, 6.45) is 1.97. The lowest BCUT2D eigenvalue weighted by atomic mass is 10.0. The van der Waals surface area contributed by atoms with E-state index >= 15 is 0 Å². The molecule has 2 aliphatic heterocycles. The SMILES string of the molecule is CC(C)(C)OC(=O)N1CCN(C2CCN(c3ccc(C(=O)OCc4ccccc4)cc3)CC2)CC1. The van der Waals surface area contributed by atoms with Crippen molar-refractivity contribution in [3.05, 3.63) is 65.7 Å². The lowest BCUT2D eigenvalue weighted by molar-refractivity contribution is 0.00900. The molecule has 0 saturated carbocycles. The summed E-state index contributed by atoms with van der Waals surface area (Å²) in [7, 11) is 0. The normalized spacial score (nSPS) is 17.8. The van der Waals surface area contributed by atoms with E-state index in [9.17, 15) is 9.59 Å². The van der Waals surface area contributed by atoms with Gasteiger partial charge in [0.2, 0.25) is 0 Å². The third kappa shape index (κ3) is 6.98. The van der Waals surface area contributed by atoms with E-state index < -0.39 is 5.60 Å². The number of anilines is 1. The van der Waals surface area contributed by atoms with E-state index in [2.05, 4.69) is 9.80 Å². The van der Waals surface area contributed by atoms with Crippen LogP contribution in [-0.4, -0.2) is 72.8 Å². The first kappa shape index (κ1) is 25.0. The predicted molar refractivity (Wildman–Crippen MR) is 137 cm³/mol. The minimum atomic E-state index is -0.457. The maximum atomic E-state index is 12.4. The van der Waals surface area contributed by atoms with Gasteiger partial charge in [-0.15, -0.1) is 0 Å². The van der Waals surface area contributed by atoms with Gasteiger partial charge < -0.3 is 19.3 Å². The Hall–Kier alpha value is -3.06. The molecular formula is C28H37N3O4. The van der Waals surface area contributed by atoms with Crippen LogP contribution in [0.4, 0.5) is 10.5 Å². The number of carbonyl (C=O) groups is 2. The third-order valence-corrected chi connectivity index (χ3v) is 6.63. The van der Waals surface area contributed by atoms with Crippen molar-refractivity contribution in [2.75, 3.05) is 44.2 Å². The number of benzene rings is 2. The lowest BCUT2D eigenvalue weighted by Gasteiger charge is -2.43. The number of piperidine rings is 1. The van der Waals surface area contributed by atoms with E-state index in [-0.39, 0.29) is 18.7 Å². The quantitative estimate of drug-likeness (QED) is 0.586. The molecule has 0 unspecified atom stereocenters. The maximum Gasteiger partial charge on any atom is 0.410 e. The summed E-state index contributed by atoms with van der Waals surface area (Å²) >= 11 is 0. The van der Waals surface area contributed by atoms with Gasteiger partial charge in [-0.1, -0.05) is 30.3 Å². The highest BCUT2D eigenvalue weighted by molar-refractivity contribution is 5.89. The molecule has 0 aromatic heterocycles. The van der Waals surface area contributed by atoms with Crippen LogP contribution in [0.15, 0.2) is 54.6 Å². The molecule has 2 aromatic carbocycles. The summed E-state index contributed by atoms with van der Waals surface area (Å²) in [5.74, 6) is -0.301. The van der Waals surface area contributed by atoms with Crippen LogP contribution in [0.2, 0.25) is 0 Å². The zero-order valence-corrected chi connectivity index (χ0v) is 21.1. The second-order valence-electron chi connectivity index (χ2n) is 10.3. The number of piperazine rings is 1. The van der Waals surface area contributed by atoms with Gasteiger partial charge in [-0.2, -0.15) is 0 Å². The summed E-state index contributed by atoms with van der Waals surface area (Å²) < 4.78 is 10.9. The van der Waals surface area contributed by atoms with Crippen molar-refractivity contribution >= 4 is 17.7 Å². The molecular weight excluding hydrogens is 442 g/mol. The number of ether oxygens (including phenoxy) is 2. The van der Waals surface area contributed by atoms with E-state index in [0.717, 1.165) is 63.4 Å². The van der Waals surface area contributed by atoms with Crippen LogP contribution < -0.4 is 4.90 Å². The average molecular weight is 480 g/mol. The first-order valence-corrected chi connectivity index (χ1v) is 12.6. The second-order valence-corrected chi connectivity index (χ2v) is 10.3. The van der Waals surface area contributed by atoms with E-state index in [1.54, 1.807) is 0 Å². The first-order chi connectivity index (χ1) is 16.8. The fraction of sp³-hybridized carbons (Fsp3) is 0.500. The number of amides is 1. The van der Waals surface area contributed by atoms with E-state index in [4.69, 9.17) is 9.47 Å². The van der Waals surface area contributed by atoms with Crippen LogP contribution >= 0.6 is 0 Å². The molecule has 1 amide bonds. The molecule has 0 N–H and O–H groups in total. The molecule has 188 valence electrons. The van der Waals surface area contributed by atoms with Crippen molar-refractivity contribution in [1.29, 1.82) is 0 Å². The van der Waals surface area contributed by atoms with Crippen molar-refractivity contribution in [3.63, 3.8) is 0 Å². The molecule has 0 bridgehead atoms. The molecule has 4 rings (SSSR count). The summed E-state index contributed by atoms with van der Waals surface area (Å²) in [6.45, 7) is 11.2. The molecule has 2 aliphatic rings. The zero-order chi connectivity index (χ0) is 24.8. The van der Waals surface area contributed by atoms with Gasteiger partial charge in [0, 0.05) is 51.0 Å². The molecule has 2 fully saturated rings. The Bertz CT molecular complexity index is 972. The van der Waals surface area contributed by atoms with E-state index in [1.807, 2.05) is 80.3 Å². The summed E-state index contributed by atoms with van der Waals surface area (Å²) in [5.41, 5.74) is 2.23. The van der Waals surface area contributed by atoms with Gasteiger partial charge in [-0.25, -0.2) is 9.59 Å². The van der Waals surface area contributed by atoms with Crippen LogP contribution in [-0.2, 0) is 16.1 Å². The van der Waals surface area contributed by atoms with Crippen LogP contribution in [0, 0.1) is 0 Å². The highest BCUT2D eigenvalue weighted by Crippen LogP contribution is 2.24. The largest absolute Gasteiger partial charge is 0.457 e. The van der Waals surface area contributed by atoms with Crippen LogP contribution in [0.25, 0.3) is 0 Å². The van der Waals surface area contributed by atoms with Crippen molar-refractivity contribution in [2.24, 2.45) is 0 Å². The van der Waals surface area contributed by atoms with Gasteiger partial charge in [0.15, 0.2) is 0 Å². The Labute approximate surface area is 208 Å². The number of esters is 1. The van der Waals surface area contributed by atoms with Crippen molar-refractivity contribution in [3.8, 4) is 0 Å². The fourth-order valence-electron chi connectivity index (χ4n) is 4.70. The Kier molecular flexibility index (Phi) is 7.96. The zero-order valence-electron chi connectivity index (χ0n) is 21.1. The fourth-order valence-corrected chi connectivity index (χ4v) is 4.70. The molecule has 0 aliphatic carbocycles. The van der Waals surface area contributed by atoms with Crippen molar-refractivity contribution in [1.82, 2.24) is 9.80 Å². The summed E-state index contributed by atoms with van der Waals surface area (Å²) in [4.78, 5) is 31.4. The molecule has 2 saturated heterocycles. The topological polar surface area (TPSA) is 62.3 Å². The smallest absolute Gasteiger partial charge is 0.410 e. The standard InChI is InChI=1S/C28H37N3O4/c1-28(2,3)35-27(33)31-19-17-30(18-20-31)25-13-15-29(16-14-25)24-11-9-23(10-12-24)26(32)34-21-22-7-5-4-6-8-22/h4-12,25H,13-21H2,1-3H3. The van der Waals surface area contributed by atoms with Crippen LogP contribution in [0.5, 0.6) is 0 Å². The Morgan fingerprint density at radius 3 is 2.09 bits per heavy atom. The minimum Gasteiger partial charge on any atom is -0.457 e. The molecule has 0 atom stereocenters. The lowest BCUT2D eigenvalue weighted by Crippen LogP contribution is -2.55. The number of carbonyl (C=O) groups excluding carboxylic acids is 2. The molecule has 7 nitrogen and oxygen atoms in total. The minimum absolute atomic E-state index is 0.209. The molecule has 0 radical (unpaired) electrons. The highest BCUT2D eigenvalue weighted by Gasteiger charge is 2.30. The van der Waals surface area contributed by atoms with Crippen molar-refractivity contribution < 1.29 is 19.1 Å². The first-order valence-electron chi connectivity index (χ1n) is 12.6. The van der Waals surface area contributed by atoms with Gasteiger partial charge in [-0.05, 0) is 63.4 Å². The Morgan fingerprint density at radius 1 is 0.857 bits per heavy atom. The predicted octanol–water partition coefficient (Wildman–Crippen LogP) is 4.57. The third-order valence-electron chi connectivity index (χ3n) is 6.63. The van der Waals surface area contributed by atoms with Gasteiger partial charge in [-0.3, -0.25) is 4.90 Å². The van der Waals surface area contributed by atoms with E-state index in [1.165, 1.54) is 0 Å². The molecule has 0 spiro atoms. The Morgan fingerprint density at radius 2 is 1.49 bits per heavy atom. The molecule has 7 heteroatoms. The highest BCUT2D eigenvalue weighted by atomic mass is 16.6. The molecule has 2 aromatic rings. The molecule has 2 heterocycles. The second kappa shape index (κ2) is 11.1. The van der Waals surface area contributed by atoms with Crippen molar-refractivity contribution in [2.45, 2.75) is 51.9 Å². The summed E-state index contributed by atoms with van der Waals surface area (Å²) in [5, 5.41) is 0. The van der Waals surface area contributed by atoms with Gasteiger partial charge in [0.25, 0.3) is 0 Å². The average Bonchev–Trinajstić information content (AvgIpc) is 2.87. The number of hydrogen-bond donors (Lipinski definition) is 0. The Balaban J connectivity index is 1.21.